The molecule has 6 nitrogen and oxygen atoms in total. The molecule has 2 amide bonds. The van der Waals surface area contributed by atoms with E-state index >= 15 is 0 Å². The van der Waals surface area contributed by atoms with Gasteiger partial charge in [-0.25, -0.2) is 4.79 Å². The molecule has 29 heavy (non-hydrogen) atoms. The first-order valence-corrected chi connectivity index (χ1v) is 9.42. The van der Waals surface area contributed by atoms with Crippen molar-refractivity contribution in [2.75, 3.05) is 28.6 Å². The number of amides is 2. The first kappa shape index (κ1) is 18.6. The lowest BCUT2D eigenvalue weighted by Gasteiger charge is -2.15. The highest BCUT2D eigenvalue weighted by atomic mass is 16.6. The fraction of sp³-hybridized carbons (Fsp3) is 0.130. The van der Waals surface area contributed by atoms with Gasteiger partial charge in [0.25, 0.3) is 5.91 Å². The Morgan fingerprint density at radius 1 is 0.931 bits per heavy atom. The van der Waals surface area contributed by atoms with Crippen molar-refractivity contribution in [3.05, 3.63) is 90.5 Å². The van der Waals surface area contributed by atoms with Crippen molar-refractivity contribution in [2.24, 2.45) is 0 Å². The monoisotopic (exact) mass is 387 g/mol. The minimum atomic E-state index is -0.392. The zero-order valence-corrected chi connectivity index (χ0v) is 15.7. The normalized spacial score (nSPS) is 15.7. The molecule has 6 heteroatoms. The van der Waals surface area contributed by atoms with E-state index < -0.39 is 6.09 Å². The summed E-state index contributed by atoms with van der Waals surface area (Å²) >= 11 is 0. The quantitative estimate of drug-likeness (QED) is 0.659. The van der Waals surface area contributed by atoms with E-state index in [1.807, 2.05) is 54.6 Å². The molecule has 1 heterocycles. The van der Waals surface area contributed by atoms with Gasteiger partial charge in [0.2, 0.25) is 0 Å². The van der Waals surface area contributed by atoms with Crippen LogP contribution in [0.3, 0.4) is 0 Å². The lowest BCUT2D eigenvalue weighted by atomic mass is 10.2. The highest BCUT2D eigenvalue weighted by molar-refractivity contribution is 6.04. The predicted octanol–water partition coefficient (Wildman–Crippen LogP) is 4.38. The molecular weight excluding hydrogens is 366 g/mol. The van der Waals surface area contributed by atoms with Crippen LogP contribution in [0.15, 0.2) is 84.9 Å². The molecule has 146 valence electrons. The number of nitrogens with zero attached hydrogens (tertiary/aromatic N) is 1. The number of carbonyl (C=O) groups is 2. The maximum Gasteiger partial charge on any atom is 0.414 e. The largest absolute Gasteiger partial charge is 0.442 e. The first-order valence-electron chi connectivity index (χ1n) is 9.42. The maximum atomic E-state index is 12.4. The molecule has 2 N–H and O–H groups in total. The summed E-state index contributed by atoms with van der Waals surface area (Å²) in [5, 5.41) is 6.14. The van der Waals surface area contributed by atoms with Gasteiger partial charge in [0.05, 0.1) is 13.1 Å². The van der Waals surface area contributed by atoms with Crippen LogP contribution in [0.5, 0.6) is 0 Å². The summed E-state index contributed by atoms with van der Waals surface area (Å²) < 4.78 is 5.48. The Balaban J connectivity index is 1.40. The molecule has 1 aliphatic heterocycles. The molecule has 3 aromatic rings. The first-order chi connectivity index (χ1) is 14.2. The van der Waals surface area contributed by atoms with Crippen LogP contribution in [0.4, 0.5) is 21.9 Å². The van der Waals surface area contributed by atoms with E-state index in [1.165, 1.54) is 0 Å². The van der Waals surface area contributed by atoms with E-state index in [0.29, 0.717) is 30.0 Å². The topological polar surface area (TPSA) is 70.7 Å². The second-order valence-electron chi connectivity index (χ2n) is 6.73. The van der Waals surface area contributed by atoms with Crippen LogP contribution in [-0.4, -0.2) is 31.2 Å². The van der Waals surface area contributed by atoms with Crippen LogP contribution in [0.1, 0.15) is 10.4 Å². The van der Waals surface area contributed by atoms with E-state index in [-0.39, 0.29) is 12.0 Å². The predicted molar refractivity (Wildman–Crippen MR) is 113 cm³/mol. The van der Waals surface area contributed by atoms with E-state index in [0.717, 1.165) is 5.69 Å². The van der Waals surface area contributed by atoms with Crippen molar-refractivity contribution < 1.29 is 14.3 Å². The maximum absolute atomic E-state index is 12.4. The number of carbonyl (C=O) groups excluding carboxylic acids is 2. The summed E-state index contributed by atoms with van der Waals surface area (Å²) in [6, 6.07) is 26.0. The Kier molecular flexibility index (Phi) is 5.42. The van der Waals surface area contributed by atoms with Crippen molar-refractivity contribution in [2.45, 2.75) is 6.10 Å². The van der Waals surface area contributed by atoms with E-state index in [9.17, 15) is 9.59 Å². The third kappa shape index (κ3) is 4.55. The van der Waals surface area contributed by atoms with Gasteiger partial charge in [0.15, 0.2) is 0 Å². The Labute approximate surface area is 169 Å². The molecular formula is C23H21N3O3. The summed E-state index contributed by atoms with van der Waals surface area (Å²) in [5.74, 6) is -0.198. The molecule has 0 spiro atoms. The number of anilines is 3. The van der Waals surface area contributed by atoms with Gasteiger partial charge in [-0.2, -0.15) is 0 Å². The number of benzene rings is 3. The summed E-state index contributed by atoms with van der Waals surface area (Å²) in [5.41, 5.74) is 2.86. The van der Waals surface area contributed by atoms with Gasteiger partial charge in [-0.05, 0) is 42.5 Å². The minimum absolute atomic E-state index is 0.198. The molecule has 0 aromatic heterocycles. The molecule has 1 saturated heterocycles. The average Bonchev–Trinajstić information content (AvgIpc) is 3.14. The number of rotatable bonds is 6. The molecule has 0 saturated carbocycles. The van der Waals surface area contributed by atoms with Gasteiger partial charge in [-0.3, -0.25) is 9.69 Å². The van der Waals surface area contributed by atoms with Crippen LogP contribution in [-0.2, 0) is 4.74 Å². The number of hydrogen-bond donors (Lipinski definition) is 2. The van der Waals surface area contributed by atoms with E-state index in [4.69, 9.17) is 4.74 Å². The van der Waals surface area contributed by atoms with Crippen molar-refractivity contribution in [1.82, 2.24) is 0 Å². The van der Waals surface area contributed by atoms with Gasteiger partial charge in [0, 0.05) is 22.6 Å². The zero-order valence-electron chi connectivity index (χ0n) is 15.7. The molecule has 1 aliphatic rings. The minimum Gasteiger partial charge on any atom is -0.442 e. The average molecular weight is 387 g/mol. The van der Waals surface area contributed by atoms with Gasteiger partial charge >= 0.3 is 6.09 Å². The number of nitrogens with one attached hydrogen (secondary N) is 2. The van der Waals surface area contributed by atoms with Crippen LogP contribution in [0, 0.1) is 0 Å². The molecule has 1 unspecified atom stereocenters. The molecule has 4 rings (SSSR count). The van der Waals surface area contributed by atoms with Crippen molar-refractivity contribution in [3.8, 4) is 0 Å². The molecule has 1 atom stereocenters. The van der Waals surface area contributed by atoms with Crippen LogP contribution < -0.4 is 15.5 Å². The van der Waals surface area contributed by atoms with Gasteiger partial charge in [-0.15, -0.1) is 0 Å². The SMILES string of the molecule is O=C(Nc1cccc(N2CC(CNc3ccccc3)OC2=O)c1)c1ccccc1. The number of para-hydroxylation sites is 1. The lowest BCUT2D eigenvalue weighted by molar-refractivity contribution is 0.102. The molecule has 0 radical (unpaired) electrons. The smallest absolute Gasteiger partial charge is 0.414 e. The fourth-order valence-electron chi connectivity index (χ4n) is 3.17. The van der Waals surface area contributed by atoms with Crippen LogP contribution in [0.25, 0.3) is 0 Å². The standard InChI is InChI=1S/C23H21N3O3/c27-22(17-8-3-1-4-9-17)25-19-12-7-13-20(14-19)26-16-21(29-23(26)28)15-24-18-10-5-2-6-11-18/h1-14,21,24H,15-16H2,(H,25,27). The third-order valence-corrected chi connectivity index (χ3v) is 4.63. The summed E-state index contributed by atoms with van der Waals surface area (Å²) in [7, 11) is 0. The molecule has 0 aliphatic carbocycles. The second-order valence-corrected chi connectivity index (χ2v) is 6.73. The van der Waals surface area contributed by atoms with Gasteiger partial charge < -0.3 is 15.4 Å². The van der Waals surface area contributed by atoms with Crippen LogP contribution >= 0.6 is 0 Å². The Bertz CT molecular complexity index is 993. The Morgan fingerprint density at radius 3 is 2.38 bits per heavy atom. The second kappa shape index (κ2) is 8.48. The van der Waals surface area contributed by atoms with Crippen molar-refractivity contribution >= 4 is 29.1 Å². The van der Waals surface area contributed by atoms with Gasteiger partial charge in [0.1, 0.15) is 6.10 Å². The lowest BCUT2D eigenvalue weighted by Crippen LogP contribution is -2.27. The highest BCUT2D eigenvalue weighted by Gasteiger charge is 2.32. The van der Waals surface area contributed by atoms with Crippen LogP contribution in [0.2, 0.25) is 0 Å². The summed E-state index contributed by atoms with van der Waals surface area (Å²) in [6.45, 7) is 0.964. The fourth-order valence-corrected chi connectivity index (χ4v) is 3.17. The van der Waals surface area contributed by atoms with Crippen molar-refractivity contribution in [3.63, 3.8) is 0 Å². The molecule has 1 fully saturated rings. The highest BCUT2D eigenvalue weighted by Crippen LogP contribution is 2.25. The van der Waals surface area contributed by atoms with Crippen molar-refractivity contribution in [1.29, 1.82) is 0 Å². The number of ether oxygens (including phenoxy) is 1. The van der Waals surface area contributed by atoms with E-state index in [1.54, 1.807) is 35.2 Å². The molecule has 3 aromatic carbocycles. The number of hydrogen-bond acceptors (Lipinski definition) is 4. The zero-order chi connectivity index (χ0) is 20.1. The van der Waals surface area contributed by atoms with E-state index in [2.05, 4.69) is 10.6 Å². The third-order valence-electron chi connectivity index (χ3n) is 4.63. The Hall–Kier alpha value is -3.80. The molecule has 0 bridgehead atoms. The summed E-state index contributed by atoms with van der Waals surface area (Å²) in [6.07, 6.45) is -0.651. The summed E-state index contributed by atoms with van der Waals surface area (Å²) in [4.78, 5) is 26.3. The van der Waals surface area contributed by atoms with Gasteiger partial charge in [-0.1, -0.05) is 42.5 Å². The number of cyclic esters (lactones) is 1. The Morgan fingerprint density at radius 2 is 1.62 bits per heavy atom.